The van der Waals surface area contributed by atoms with Crippen LogP contribution in [0.4, 0.5) is 11.4 Å². The van der Waals surface area contributed by atoms with Crippen LogP contribution in [-0.4, -0.2) is 18.5 Å². The van der Waals surface area contributed by atoms with Gasteiger partial charge in [0.2, 0.25) is 5.91 Å². The number of rotatable bonds is 2. The molecule has 0 aliphatic carbocycles. The molecule has 1 saturated heterocycles. The standard InChI is InChI=1S/C11H12N4O/c12-5-7-1-2-10(9(13)3-7)15-8-4-11(16)14-6-8/h1-3,8,15H,4,6,13H2,(H,14,16). The van der Waals surface area contributed by atoms with Crippen molar-refractivity contribution in [1.29, 1.82) is 5.26 Å². The van der Waals surface area contributed by atoms with Crippen molar-refractivity contribution in [3.63, 3.8) is 0 Å². The summed E-state index contributed by atoms with van der Waals surface area (Å²) in [6, 6.07) is 7.17. The highest BCUT2D eigenvalue weighted by atomic mass is 16.1. The molecular weight excluding hydrogens is 204 g/mol. The first kappa shape index (κ1) is 10.3. The third-order valence-corrected chi connectivity index (χ3v) is 2.52. The van der Waals surface area contributed by atoms with Crippen molar-refractivity contribution >= 4 is 17.3 Å². The number of nitrogens with zero attached hydrogens (tertiary/aromatic N) is 1. The van der Waals surface area contributed by atoms with Crippen LogP contribution in [0.3, 0.4) is 0 Å². The molecule has 1 fully saturated rings. The van der Waals surface area contributed by atoms with Gasteiger partial charge in [0.1, 0.15) is 0 Å². The second-order valence-electron chi connectivity index (χ2n) is 3.76. The predicted molar refractivity (Wildman–Crippen MR) is 60.6 cm³/mol. The Bertz CT molecular complexity index is 464. The van der Waals surface area contributed by atoms with Gasteiger partial charge in [-0.1, -0.05) is 0 Å². The van der Waals surface area contributed by atoms with Gasteiger partial charge in [-0.3, -0.25) is 4.79 Å². The molecule has 4 N–H and O–H groups in total. The van der Waals surface area contributed by atoms with E-state index in [1.165, 1.54) is 0 Å². The van der Waals surface area contributed by atoms with Crippen LogP contribution in [0.25, 0.3) is 0 Å². The monoisotopic (exact) mass is 216 g/mol. The molecule has 1 atom stereocenters. The summed E-state index contributed by atoms with van der Waals surface area (Å²) in [4.78, 5) is 11.0. The van der Waals surface area contributed by atoms with Crippen LogP contribution in [0.1, 0.15) is 12.0 Å². The second kappa shape index (κ2) is 4.11. The lowest BCUT2D eigenvalue weighted by Gasteiger charge is -2.13. The highest BCUT2D eigenvalue weighted by Gasteiger charge is 2.21. The highest BCUT2D eigenvalue weighted by molar-refractivity contribution is 5.80. The van der Waals surface area contributed by atoms with Crippen LogP contribution in [0.2, 0.25) is 0 Å². The largest absolute Gasteiger partial charge is 0.397 e. The maximum Gasteiger partial charge on any atom is 0.222 e. The van der Waals surface area contributed by atoms with E-state index in [4.69, 9.17) is 11.0 Å². The number of nitriles is 1. The van der Waals surface area contributed by atoms with Crippen molar-refractivity contribution in [2.75, 3.05) is 17.6 Å². The van der Waals surface area contributed by atoms with E-state index in [1.54, 1.807) is 18.2 Å². The Hall–Kier alpha value is -2.22. The van der Waals surface area contributed by atoms with Crippen molar-refractivity contribution in [2.45, 2.75) is 12.5 Å². The molecule has 1 aromatic carbocycles. The number of nitrogens with one attached hydrogen (secondary N) is 2. The third-order valence-electron chi connectivity index (χ3n) is 2.52. The first-order valence-electron chi connectivity index (χ1n) is 5.02. The van der Waals surface area contributed by atoms with Crippen LogP contribution in [0.5, 0.6) is 0 Å². The number of carbonyl (C=O) groups excluding carboxylic acids is 1. The number of hydrogen-bond donors (Lipinski definition) is 3. The number of nitrogens with two attached hydrogens (primary N) is 1. The fraction of sp³-hybridized carbons (Fsp3) is 0.273. The molecule has 0 aromatic heterocycles. The van der Waals surface area contributed by atoms with Gasteiger partial charge in [-0.25, -0.2) is 0 Å². The lowest BCUT2D eigenvalue weighted by Crippen LogP contribution is -2.22. The molecule has 0 saturated carbocycles. The summed E-state index contributed by atoms with van der Waals surface area (Å²) >= 11 is 0. The maximum absolute atomic E-state index is 11.0. The smallest absolute Gasteiger partial charge is 0.222 e. The normalized spacial score (nSPS) is 18.9. The zero-order chi connectivity index (χ0) is 11.5. The van der Waals surface area contributed by atoms with E-state index < -0.39 is 0 Å². The summed E-state index contributed by atoms with van der Waals surface area (Å²) in [6.45, 7) is 0.609. The van der Waals surface area contributed by atoms with Gasteiger partial charge in [0, 0.05) is 13.0 Å². The van der Waals surface area contributed by atoms with E-state index in [9.17, 15) is 4.79 Å². The van der Waals surface area contributed by atoms with Gasteiger partial charge in [0.05, 0.1) is 29.0 Å². The van der Waals surface area contributed by atoms with E-state index in [2.05, 4.69) is 10.6 Å². The number of carbonyl (C=O) groups is 1. The minimum atomic E-state index is 0.0460. The third kappa shape index (κ3) is 2.06. The van der Waals surface area contributed by atoms with E-state index >= 15 is 0 Å². The van der Waals surface area contributed by atoms with Crippen LogP contribution in [-0.2, 0) is 4.79 Å². The van der Waals surface area contributed by atoms with Crippen molar-refractivity contribution in [1.82, 2.24) is 5.32 Å². The summed E-state index contributed by atoms with van der Waals surface area (Å²) < 4.78 is 0. The van der Waals surface area contributed by atoms with Crippen LogP contribution >= 0.6 is 0 Å². The van der Waals surface area contributed by atoms with Gasteiger partial charge in [-0.2, -0.15) is 5.26 Å². The number of hydrogen-bond acceptors (Lipinski definition) is 4. The van der Waals surface area contributed by atoms with Crippen molar-refractivity contribution in [3.05, 3.63) is 23.8 Å². The Labute approximate surface area is 93.2 Å². The van der Waals surface area contributed by atoms with Crippen molar-refractivity contribution in [3.8, 4) is 6.07 Å². The van der Waals surface area contributed by atoms with E-state index in [1.807, 2.05) is 6.07 Å². The Balaban J connectivity index is 2.10. The number of nitrogen functional groups attached to an aromatic ring is 1. The first-order valence-corrected chi connectivity index (χ1v) is 5.02. The molecule has 16 heavy (non-hydrogen) atoms. The van der Waals surface area contributed by atoms with Crippen molar-refractivity contribution < 1.29 is 4.79 Å². The van der Waals surface area contributed by atoms with Gasteiger partial charge in [-0.05, 0) is 18.2 Å². The zero-order valence-corrected chi connectivity index (χ0v) is 8.66. The van der Waals surface area contributed by atoms with E-state index in [0.29, 0.717) is 24.2 Å². The fourth-order valence-electron chi connectivity index (χ4n) is 1.69. The van der Waals surface area contributed by atoms with Crippen molar-refractivity contribution in [2.24, 2.45) is 0 Å². The topological polar surface area (TPSA) is 90.9 Å². The molecule has 1 aromatic rings. The Kier molecular flexibility index (Phi) is 2.64. The summed E-state index contributed by atoms with van der Waals surface area (Å²) in [7, 11) is 0. The number of anilines is 2. The quantitative estimate of drug-likeness (QED) is 0.625. The van der Waals surface area contributed by atoms with Gasteiger partial charge in [0.25, 0.3) is 0 Å². The fourth-order valence-corrected chi connectivity index (χ4v) is 1.69. The molecule has 2 rings (SSSR count). The zero-order valence-electron chi connectivity index (χ0n) is 8.66. The summed E-state index contributed by atoms with van der Waals surface area (Å²) in [5.41, 5.74) is 7.61. The molecule has 1 aliphatic heterocycles. The summed E-state index contributed by atoms with van der Waals surface area (Å²) in [5, 5.41) is 14.6. The molecule has 0 bridgehead atoms. The Morgan fingerprint density at radius 1 is 1.56 bits per heavy atom. The maximum atomic E-state index is 11.0. The summed E-state index contributed by atoms with van der Waals surface area (Å²) in [6.07, 6.45) is 0.458. The Morgan fingerprint density at radius 2 is 2.38 bits per heavy atom. The van der Waals surface area contributed by atoms with Gasteiger partial charge in [0.15, 0.2) is 0 Å². The minimum Gasteiger partial charge on any atom is -0.397 e. The molecule has 0 spiro atoms. The highest BCUT2D eigenvalue weighted by Crippen LogP contribution is 2.21. The molecule has 5 nitrogen and oxygen atoms in total. The summed E-state index contributed by atoms with van der Waals surface area (Å²) in [5.74, 6) is 0.0460. The van der Waals surface area contributed by atoms with Crippen LogP contribution in [0, 0.1) is 11.3 Å². The van der Waals surface area contributed by atoms with E-state index in [0.717, 1.165) is 5.69 Å². The number of amides is 1. The minimum absolute atomic E-state index is 0.0460. The van der Waals surface area contributed by atoms with Gasteiger partial charge in [-0.15, -0.1) is 0 Å². The molecular formula is C11H12N4O. The molecule has 5 heteroatoms. The number of benzene rings is 1. The lowest BCUT2D eigenvalue weighted by atomic mass is 10.1. The molecule has 1 amide bonds. The second-order valence-corrected chi connectivity index (χ2v) is 3.76. The van der Waals surface area contributed by atoms with Crippen LogP contribution < -0.4 is 16.4 Å². The molecule has 1 aliphatic rings. The molecule has 82 valence electrons. The lowest BCUT2D eigenvalue weighted by molar-refractivity contribution is -0.119. The molecule has 1 heterocycles. The van der Waals surface area contributed by atoms with Gasteiger partial charge < -0.3 is 16.4 Å². The SMILES string of the molecule is N#Cc1ccc(NC2CNC(=O)C2)c(N)c1. The van der Waals surface area contributed by atoms with Gasteiger partial charge >= 0.3 is 0 Å². The van der Waals surface area contributed by atoms with E-state index in [-0.39, 0.29) is 11.9 Å². The average Bonchev–Trinajstić information content (AvgIpc) is 2.67. The molecule has 0 radical (unpaired) electrons. The Morgan fingerprint density at radius 3 is 2.94 bits per heavy atom. The predicted octanol–water partition coefficient (Wildman–Crippen LogP) is 0.441. The first-order chi connectivity index (χ1) is 7.69. The van der Waals surface area contributed by atoms with Crippen LogP contribution in [0.15, 0.2) is 18.2 Å². The molecule has 1 unspecified atom stereocenters. The average molecular weight is 216 g/mol.